The molecule has 2 N–H and O–H groups in total. The normalized spacial score (nSPS) is 11.4. The van der Waals surface area contributed by atoms with Gasteiger partial charge >= 0.3 is 0 Å². The van der Waals surface area contributed by atoms with Crippen LogP contribution in [0.15, 0.2) is 24.3 Å². The van der Waals surface area contributed by atoms with Crippen LogP contribution in [0.4, 0.5) is 10.2 Å². The lowest BCUT2D eigenvalue weighted by Crippen LogP contribution is -2.13. The second kappa shape index (κ2) is 5.25. The van der Waals surface area contributed by atoms with E-state index in [0.717, 1.165) is 11.8 Å². The zero-order valence-corrected chi connectivity index (χ0v) is 12.2. The molecule has 2 rings (SSSR count). The second-order valence-corrected chi connectivity index (χ2v) is 5.91. The summed E-state index contributed by atoms with van der Waals surface area (Å²) in [5.74, 6) is -0.667. The Morgan fingerprint density at radius 2 is 2.05 bits per heavy atom. The Bertz CT molecular complexity index is 646. The minimum absolute atomic E-state index is 0.0173. The van der Waals surface area contributed by atoms with Crippen molar-refractivity contribution in [3.05, 3.63) is 46.4 Å². The summed E-state index contributed by atoms with van der Waals surface area (Å²) in [6.45, 7) is 6.09. The zero-order chi connectivity index (χ0) is 14.9. The average Bonchev–Trinajstić information content (AvgIpc) is 2.81. The van der Waals surface area contributed by atoms with Crippen molar-refractivity contribution < 1.29 is 9.18 Å². The van der Waals surface area contributed by atoms with Crippen LogP contribution in [-0.2, 0) is 5.41 Å². The molecule has 6 heteroatoms. The number of aromatic nitrogens is 2. The summed E-state index contributed by atoms with van der Waals surface area (Å²) < 4.78 is 13.3. The first-order chi connectivity index (χ1) is 9.27. The first-order valence-corrected chi connectivity index (χ1v) is 6.47. The molecule has 0 fully saturated rings. The molecule has 0 spiro atoms. The van der Waals surface area contributed by atoms with Crippen LogP contribution >= 0.6 is 11.6 Å². The molecule has 1 heterocycles. The van der Waals surface area contributed by atoms with Crippen molar-refractivity contribution in [2.75, 3.05) is 5.32 Å². The van der Waals surface area contributed by atoms with E-state index in [2.05, 4.69) is 15.5 Å². The number of H-pyrrole nitrogens is 1. The van der Waals surface area contributed by atoms with Gasteiger partial charge in [-0.05, 0) is 18.2 Å². The van der Waals surface area contributed by atoms with Crippen LogP contribution in [-0.4, -0.2) is 16.1 Å². The standard InChI is InChI=1S/C14H15ClFN3O/c1-14(2,3)11-7-12(19-18-11)17-13(20)8-4-5-9(15)10(16)6-8/h4-7H,1-3H3,(H2,17,18,19,20). The summed E-state index contributed by atoms with van der Waals surface area (Å²) >= 11 is 5.57. The largest absolute Gasteiger partial charge is 0.305 e. The van der Waals surface area contributed by atoms with Crippen LogP contribution in [0.25, 0.3) is 0 Å². The van der Waals surface area contributed by atoms with Gasteiger partial charge in [0.2, 0.25) is 0 Å². The van der Waals surface area contributed by atoms with Crippen LogP contribution in [0.5, 0.6) is 0 Å². The molecule has 0 aliphatic rings. The van der Waals surface area contributed by atoms with Crippen molar-refractivity contribution in [1.29, 1.82) is 0 Å². The fraction of sp³-hybridized carbons (Fsp3) is 0.286. The van der Waals surface area contributed by atoms with Gasteiger partial charge in [0.25, 0.3) is 5.91 Å². The van der Waals surface area contributed by atoms with Crippen molar-refractivity contribution >= 4 is 23.3 Å². The molecule has 0 aliphatic heterocycles. The Balaban J connectivity index is 2.15. The van der Waals surface area contributed by atoms with Gasteiger partial charge in [0.15, 0.2) is 5.82 Å². The number of benzene rings is 1. The van der Waals surface area contributed by atoms with Crippen molar-refractivity contribution in [2.45, 2.75) is 26.2 Å². The predicted octanol–water partition coefficient (Wildman–Crippen LogP) is 3.75. The van der Waals surface area contributed by atoms with Gasteiger partial charge in [-0.3, -0.25) is 9.89 Å². The third-order valence-electron chi connectivity index (χ3n) is 2.81. The van der Waals surface area contributed by atoms with E-state index in [4.69, 9.17) is 11.6 Å². The minimum Gasteiger partial charge on any atom is -0.305 e. The molecule has 0 saturated carbocycles. The Labute approximate surface area is 121 Å². The van der Waals surface area contributed by atoms with E-state index in [1.54, 1.807) is 6.07 Å². The third kappa shape index (κ3) is 3.17. The number of carbonyl (C=O) groups is 1. The number of carbonyl (C=O) groups excluding carboxylic acids is 1. The zero-order valence-electron chi connectivity index (χ0n) is 11.4. The van der Waals surface area contributed by atoms with Crippen molar-refractivity contribution in [1.82, 2.24) is 10.2 Å². The fourth-order valence-corrected chi connectivity index (χ4v) is 1.71. The highest BCUT2D eigenvalue weighted by molar-refractivity contribution is 6.30. The highest BCUT2D eigenvalue weighted by atomic mass is 35.5. The molecule has 0 radical (unpaired) electrons. The van der Waals surface area contributed by atoms with Crippen LogP contribution in [0.1, 0.15) is 36.8 Å². The molecule has 0 aliphatic carbocycles. The lowest BCUT2D eigenvalue weighted by Gasteiger charge is -2.14. The summed E-state index contributed by atoms with van der Waals surface area (Å²) in [6.07, 6.45) is 0. The predicted molar refractivity (Wildman–Crippen MR) is 76.7 cm³/mol. The SMILES string of the molecule is CC(C)(C)c1cc(NC(=O)c2ccc(Cl)c(F)c2)n[nH]1. The maximum Gasteiger partial charge on any atom is 0.256 e. The fourth-order valence-electron chi connectivity index (χ4n) is 1.60. The topological polar surface area (TPSA) is 57.8 Å². The van der Waals surface area contributed by atoms with E-state index in [1.807, 2.05) is 20.8 Å². The van der Waals surface area contributed by atoms with E-state index < -0.39 is 11.7 Å². The van der Waals surface area contributed by atoms with E-state index in [-0.39, 0.29) is 16.0 Å². The average molecular weight is 296 g/mol. The van der Waals surface area contributed by atoms with E-state index in [1.165, 1.54) is 12.1 Å². The molecule has 2 aromatic rings. The lowest BCUT2D eigenvalue weighted by molar-refractivity contribution is 0.102. The maximum absolute atomic E-state index is 13.3. The Morgan fingerprint density at radius 3 is 2.60 bits per heavy atom. The van der Waals surface area contributed by atoms with Crippen LogP contribution in [0, 0.1) is 5.82 Å². The monoisotopic (exact) mass is 295 g/mol. The van der Waals surface area contributed by atoms with Gasteiger partial charge in [-0.2, -0.15) is 5.10 Å². The van der Waals surface area contributed by atoms with Gasteiger partial charge in [0, 0.05) is 22.7 Å². The van der Waals surface area contributed by atoms with Gasteiger partial charge in [0.05, 0.1) is 5.02 Å². The third-order valence-corrected chi connectivity index (χ3v) is 3.12. The number of aromatic amines is 1. The smallest absolute Gasteiger partial charge is 0.256 e. The van der Waals surface area contributed by atoms with Crippen LogP contribution in [0.2, 0.25) is 5.02 Å². The molecule has 1 aromatic heterocycles. The van der Waals surface area contributed by atoms with Gasteiger partial charge in [-0.15, -0.1) is 0 Å². The van der Waals surface area contributed by atoms with E-state index in [9.17, 15) is 9.18 Å². The van der Waals surface area contributed by atoms with E-state index >= 15 is 0 Å². The molecule has 0 atom stereocenters. The Morgan fingerprint density at radius 1 is 1.35 bits per heavy atom. The molecule has 0 unspecified atom stereocenters. The molecule has 1 amide bonds. The van der Waals surface area contributed by atoms with Crippen molar-refractivity contribution in [2.24, 2.45) is 0 Å². The summed E-state index contributed by atoms with van der Waals surface area (Å²) in [4.78, 5) is 12.0. The molecule has 0 bridgehead atoms. The molecule has 4 nitrogen and oxygen atoms in total. The Hall–Kier alpha value is -1.88. The van der Waals surface area contributed by atoms with E-state index in [0.29, 0.717) is 5.82 Å². The molecule has 0 saturated heterocycles. The number of hydrogen-bond donors (Lipinski definition) is 2. The summed E-state index contributed by atoms with van der Waals surface area (Å²) in [7, 11) is 0. The number of hydrogen-bond acceptors (Lipinski definition) is 2. The number of anilines is 1. The van der Waals surface area contributed by atoms with Crippen molar-refractivity contribution in [3.63, 3.8) is 0 Å². The number of halogens is 2. The number of amides is 1. The number of nitrogens with zero attached hydrogens (tertiary/aromatic N) is 1. The van der Waals surface area contributed by atoms with Gasteiger partial charge < -0.3 is 5.32 Å². The quantitative estimate of drug-likeness (QED) is 0.886. The second-order valence-electron chi connectivity index (χ2n) is 5.50. The minimum atomic E-state index is -0.628. The van der Waals surface area contributed by atoms with Crippen LogP contribution < -0.4 is 5.32 Å². The highest BCUT2D eigenvalue weighted by Gasteiger charge is 2.18. The number of nitrogens with one attached hydrogen (secondary N) is 2. The summed E-state index contributed by atoms with van der Waals surface area (Å²) in [6, 6.07) is 5.65. The number of rotatable bonds is 2. The molecular weight excluding hydrogens is 281 g/mol. The Kier molecular flexibility index (Phi) is 3.81. The lowest BCUT2D eigenvalue weighted by atomic mass is 9.92. The van der Waals surface area contributed by atoms with Gasteiger partial charge in [-0.1, -0.05) is 32.4 Å². The maximum atomic E-state index is 13.3. The molecule has 106 valence electrons. The summed E-state index contributed by atoms with van der Waals surface area (Å²) in [5, 5.41) is 9.46. The van der Waals surface area contributed by atoms with Gasteiger partial charge in [-0.25, -0.2) is 4.39 Å². The first kappa shape index (κ1) is 14.5. The molecule has 20 heavy (non-hydrogen) atoms. The first-order valence-electron chi connectivity index (χ1n) is 6.09. The highest BCUT2D eigenvalue weighted by Crippen LogP contribution is 2.22. The molecule has 1 aromatic carbocycles. The van der Waals surface area contributed by atoms with Crippen LogP contribution in [0.3, 0.4) is 0 Å². The van der Waals surface area contributed by atoms with Gasteiger partial charge in [0.1, 0.15) is 5.82 Å². The molecular formula is C14H15ClFN3O. The summed E-state index contributed by atoms with van der Waals surface area (Å²) in [5.41, 5.74) is 0.991. The van der Waals surface area contributed by atoms with Crippen molar-refractivity contribution in [3.8, 4) is 0 Å².